The van der Waals surface area contributed by atoms with Crippen LogP contribution in [0.25, 0.3) is 28.0 Å². The fraction of sp³-hybridized carbons (Fsp3) is 0.364. The van der Waals surface area contributed by atoms with Crippen molar-refractivity contribution < 1.29 is 28.2 Å². The number of aliphatic hydroxyl groups excluding tert-OH is 1. The van der Waals surface area contributed by atoms with E-state index >= 15 is 8.78 Å². The number of aromatic nitrogens is 4. The number of carbonyl (C=O) groups is 1. The van der Waals surface area contributed by atoms with Gasteiger partial charge in [0.15, 0.2) is 11.5 Å². The number of rotatable bonds is 4. The molecule has 2 aliphatic heterocycles. The van der Waals surface area contributed by atoms with Crippen LogP contribution in [0.3, 0.4) is 0 Å². The molecule has 3 atom stereocenters. The summed E-state index contributed by atoms with van der Waals surface area (Å²) in [5.74, 6) is -1.96. The molecule has 2 aliphatic rings. The molecule has 240 valence electrons. The lowest BCUT2D eigenvalue weighted by molar-refractivity contribution is -0.126. The first kappa shape index (κ1) is 31.2. The molecule has 5 heterocycles. The van der Waals surface area contributed by atoms with Gasteiger partial charge in [-0.2, -0.15) is 4.98 Å². The Morgan fingerprint density at radius 1 is 1.20 bits per heavy atom. The molecular formula is C33H34F2N6O5. The first-order valence-corrected chi connectivity index (χ1v) is 15.0. The van der Waals surface area contributed by atoms with Gasteiger partial charge in [-0.15, -0.1) is 0 Å². The fourth-order valence-electron chi connectivity index (χ4n) is 6.21. The van der Waals surface area contributed by atoms with Crippen molar-refractivity contribution in [1.29, 1.82) is 0 Å². The quantitative estimate of drug-likeness (QED) is 0.334. The van der Waals surface area contributed by atoms with Crippen LogP contribution in [-0.2, 0) is 9.53 Å². The van der Waals surface area contributed by atoms with E-state index in [1.54, 1.807) is 11.0 Å². The Kier molecular flexibility index (Phi) is 8.30. The maximum Gasteiger partial charge on any atom is 0.355 e. The number of aliphatic hydroxyl groups is 1. The Balaban J connectivity index is 1.72. The Hall–Kier alpha value is -4.75. The van der Waals surface area contributed by atoms with E-state index in [9.17, 15) is 14.7 Å². The van der Waals surface area contributed by atoms with Crippen LogP contribution in [0.1, 0.15) is 44.1 Å². The van der Waals surface area contributed by atoms with Crippen molar-refractivity contribution in [2.45, 2.75) is 44.9 Å². The van der Waals surface area contributed by atoms with Crippen LogP contribution in [0.15, 0.2) is 54.0 Å². The molecule has 2 unspecified atom stereocenters. The van der Waals surface area contributed by atoms with Crippen molar-refractivity contribution in [3.05, 3.63) is 82.6 Å². The summed E-state index contributed by atoms with van der Waals surface area (Å²) in [4.78, 5) is 43.7. The van der Waals surface area contributed by atoms with Crippen LogP contribution in [0.4, 0.5) is 14.6 Å². The average Bonchev–Trinajstić information content (AvgIpc) is 3.03. The molecule has 11 nitrogen and oxygen atoms in total. The number of amides is 1. The number of hydrogen-bond donors (Lipinski definition) is 1. The van der Waals surface area contributed by atoms with Crippen LogP contribution >= 0.6 is 0 Å². The van der Waals surface area contributed by atoms with Gasteiger partial charge in [0.2, 0.25) is 5.91 Å². The molecule has 13 heteroatoms. The van der Waals surface area contributed by atoms with E-state index in [0.717, 1.165) is 6.07 Å². The molecule has 3 aromatic heterocycles. The monoisotopic (exact) mass is 632 g/mol. The van der Waals surface area contributed by atoms with Gasteiger partial charge in [-0.3, -0.25) is 9.78 Å². The molecule has 0 spiro atoms. The number of pyridine rings is 2. The highest BCUT2D eigenvalue weighted by atomic mass is 19.1. The van der Waals surface area contributed by atoms with Gasteiger partial charge >= 0.3 is 5.69 Å². The number of benzene rings is 1. The molecule has 1 amide bonds. The van der Waals surface area contributed by atoms with Crippen LogP contribution in [0, 0.1) is 11.6 Å². The molecule has 1 fully saturated rings. The zero-order valence-electron chi connectivity index (χ0n) is 25.9. The number of piperazine rings is 1. The molecule has 1 saturated heterocycles. The van der Waals surface area contributed by atoms with Gasteiger partial charge in [0.1, 0.15) is 41.9 Å². The van der Waals surface area contributed by atoms with Crippen LogP contribution in [-0.4, -0.2) is 80.9 Å². The van der Waals surface area contributed by atoms with Crippen molar-refractivity contribution in [2.75, 3.05) is 38.3 Å². The Bertz CT molecular complexity index is 1910. The summed E-state index contributed by atoms with van der Waals surface area (Å²) in [5.41, 5.74) is -0.429. The number of ether oxygens (including phenoxy) is 2. The predicted octanol–water partition coefficient (Wildman–Crippen LogP) is 3.91. The van der Waals surface area contributed by atoms with Crippen LogP contribution in [0.2, 0.25) is 0 Å². The van der Waals surface area contributed by atoms with E-state index in [1.165, 1.54) is 42.1 Å². The fourth-order valence-corrected chi connectivity index (χ4v) is 6.21. The highest BCUT2D eigenvalue weighted by molar-refractivity contribution is 5.91. The number of methoxy groups -OCH3 is 1. The average molecular weight is 633 g/mol. The normalized spacial score (nSPS) is 19.7. The van der Waals surface area contributed by atoms with Crippen molar-refractivity contribution in [3.8, 4) is 22.7 Å². The molecule has 46 heavy (non-hydrogen) atoms. The highest BCUT2D eigenvalue weighted by Gasteiger charge is 2.34. The molecule has 1 aromatic carbocycles. The maximum absolute atomic E-state index is 16.2. The first-order chi connectivity index (χ1) is 22.0. The minimum Gasteiger partial charge on any atom is -0.490 e. The topological polar surface area (TPSA) is 123 Å². The summed E-state index contributed by atoms with van der Waals surface area (Å²) >= 11 is 0. The third kappa shape index (κ3) is 5.18. The van der Waals surface area contributed by atoms with Gasteiger partial charge in [0.25, 0.3) is 0 Å². The maximum atomic E-state index is 16.2. The molecule has 4 aromatic rings. The van der Waals surface area contributed by atoms with E-state index in [2.05, 4.69) is 21.5 Å². The van der Waals surface area contributed by atoms with Gasteiger partial charge in [-0.05, 0) is 43.2 Å². The third-order valence-corrected chi connectivity index (χ3v) is 8.53. The minimum absolute atomic E-state index is 0.0156. The second kappa shape index (κ2) is 12.2. The van der Waals surface area contributed by atoms with E-state index < -0.39 is 29.5 Å². The first-order valence-electron chi connectivity index (χ1n) is 15.0. The second-order valence-corrected chi connectivity index (χ2v) is 11.7. The Morgan fingerprint density at radius 2 is 1.98 bits per heavy atom. The smallest absolute Gasteiger partial charge is 0.355 e. The molecule has 0 saturated carbocycles. The summed E-state index contributed by atoms with van der Waals surface area (Å²) < 4.78 is 44.5. The summed E-state index contributed by atoms with van der Waals surface area (Å²) in [6.45, 7) is 9.90. The van der Waals surface area contributed by atoms with Gasteiger partial charge in [-0.25, -0.2) is 23.1 Å². The van der Waals surface area contributed by atoms with Crippen LogP contribution in [0.5, 0.6) is 5.75 Å². The van der Waals surface area contributed by atoms with Gasteiger partial charge in [0.05, 0.1) is 22.3 Å². The number of hydrogen-bond acceptors (Lipinski definition) is 9. The minimum atomic E-state index is -1.33. The lowest BCUT2D eigenvalue weighted by Gasteiger charge is -2.40. The summed E-state index contributed by atoms with van der Waals surface area (Å²) in [6.07, 6.45) is 0.477. The van der Waals surface area contributed by atoms with E-state index in [1.807, 2.05) is 25.7 Å². The van der Waals surface area contributed by atoms with E-state index in [0.29, 0.717) is 30.9 Å². The zero-order chi connectivity index (χ0) is 32.9. The lowest BCUT2D eigenvalue weighted by atomic mass is 9.97. The Labute approximate surface area is 263 Å². The number of carbonyl (C=O) groups excluding carboxylic acids is 1. The van der Waals surface area contributed by atoms with Crippen molar-refractivity contribution in [3.63, 3.8) is 0 Å². The van der Waals surface area contributed by atoms with E-state index in [4.69, 9.17) is 9.47 Å². The molecular weight excluding hydrogens is 598 g/mol. The number of halogens is 2. The standard InChI is InChI=1S/C33H34F2N6O5/c1-6-25(42)39-12-13-40(18(4)15-39)31-20-14-22(35)28-26-21(34)8-7-9-23(26)46-16-24(45-5)30(43)19-10-11-36-27(17(2)3)29(19)41(32(20)37-28)33(44)38-31/h6-11,14,17-18,24,30,43H,1,12-13,15-16H2,2-5H3/t18-,24?,30?/m0/s1. The van der Waals surface area contributed by atoms with Gasteiger partial charge < -0.3 is 24.4 Å². The molecule has 0 radical (unpaired) electrons. The summed E-state index contributed by atoms with van der Waals surface area (Å²) in [5, 5.41) is 11.9. The summed E-state index contributed by atoms with van der Waals surface area (Å²) in [7, 11) is 1.40. The zero-order valence-corrected chi connectivity index (χ0v) is 25.9. The van der Waals surface area contributed by atoms with Gasteiger partial charge in [0, 0.05) is 44.5 Å². The van der Waals surface area contributed by atoms with Crippen molar-refractivity contribution >= 4 is 22.8 Å². The third-order valence-electron chi connectivity index (χ3n) is 8.53. The van der Waals surface area contributed by atoms with Gasteiger partial charge in [-0.1, -0.05) is 26.5 Å². The SMILES string of the molecule is C=CC(=O)N1CCN(c2nc(=O)n3c4nc(c(F)cc24)-c2c(F)cccc2OCC(OC)C(O)c2ccnc(C(C)C)c2-3)[C@@H](C)C1. The van der Waals surface area contributed by atoms with E-state index in [-0.39, 0.29) is 64.0 Å². The molecule has 6 rings (SSSR count). The molecule has 2 bridgehead atoms. The number of anilines is 1. The Morgan fingerprint density at radius 3 is 2.67 bits per heavy atom. The van der Waals surface area contributed by atoms with Crippen LogP contribution < -0.4 is 15.3 Å². The highest BCUT2D eigenvalue weighted by Crippen LogP contribution is 2.39. The molecule has 1 N–H and O–H groups in total. The van der Waals surface area contributed by atoms with Crippen molar-refractivity contribution in [2.24, 2.45) is 0 Å². The largest absolute Gasteiger partial charge is 0.490 e. The molecule has 0 aliphatic carbocycles. The lowest BCUT2D eigenvalue weighted by Crippen LogP contribution is -2.54. The number of fused-ring (bicyclic) bond motifs is 5. The summed E-state index contributed by atoms with van der Waals surface area (Å²) in [6, 6.07) is 6.50. The van der Waals surface area contributed by atoms with Crippen molar-refractivity contribution in [1.82, 2.24) is 24.4 Å². The predicted molar refractivity (Wildman–Crippen MR) is 167 cm³/mol. The second-order valence-electron chi connectivity index (χ2n) is 11.7. The number of nitrogens with zero attached hydrogens (tertiary/aromatic N) is 6.